The number of hydrogen-bond donors (Lipinski definition) is 0. The number of amides is 2. The first-order chi connectivity index (χ1) is 10.7. The highest BCUT2D eigenvalue weighted by Gasteiger charge is 2.31. The standard InChI is InChI=1S/C16H22N2O3S/c19-15(6-5-13-3-2-12-22-13)17-7-9-18(10-8-17)16(20)14-4-1-11-21-14/h2-3,12,14H,1,4-11H2. The van der Waals surface area contributed by atoms with Gasteiger partial charge < -0.3 is 14.5 Å². The molecule has 2 fully saturated rings. The van der Waals surface area contributed by atoms with E-state index in [2.05, 4.69) is 6.07 Å². The van der Waals surface area contributed by atoms with Crippen molar-refractivity contribution in [3.63, 3.8) is 0 Å². The zero-order chi connectivity index (χ0) is 15.4. The Morgan fingerprint density at radius 2 is 2.00 bits per heavy atom. The quantitative estimate of drug-likeness (QED) is 0.845. The van der Waals surface area contributed by atoms with E-state index < -0.39 is 0 Å². The summed E-state index contributed by atoms with van der Waals surface area (Å²) in [5.41, 5.74) is 0. The molecule has 3 rings (SSSR count). The van der Waals surface area contributed by atoms with Crippen molar-refractivity contribution in [2.45, 2.75) is 31.8 Å². The summed E-state index contributed by atoms with van der Waals surface area (Å²) in [5.74, 6) is 0.292. The average Bonchev–Trinajstić information content (AvgIpc) is 3.25. The van der Waals surface area contributed by atoms with Crippen molar-refractivity contribution in [3.05, 3.63) is 22.4 Å². The highest BCUT2D eigenvalue weighted by Crippen LogP contribution is 2.17. The minimum absolute atomic E-state index is 0.100. The van der Waals surface area contributed by atoms with E-state index in [0.717, 1.165) is 19.3 Å². The second-order valence-corrected chi connectivity index (χ2v) is 6.82. The molecule has 0 spiro atoms. The minimum Gasteiger partial charge on any atom is -0.368 e. The SMILES string of the molecule is O=C(CCc1cccs1)N1CCN(C(=O)C2CCCO2)CC1. The molecular weight excluding hydrogens is 300 g/mol. The number of ether oxygens (including phenoxy) is 1. The van der Waals surface area contributed by atoms with Gasteiger partial charge in [-0.3, -0.25) is 9.59 Å². The first kappa shape index (κ1) is 15.5. The molecule has 2 aliphatic rings. The van der Waals surface area contributed by atoms with Gasteiger partial charge in [-0.1, -0.05) is 6.07 Å². The molecule has 2 saturated heterocycles. The summed E-state index contributed by atoms with van der Waals surface area (Å²) in [5, 5.41) is 2.04. The maximum Gasteiger partial charge on any atom is 0.251 e. The van der Waals surface area contributed by atoms with Crippen LogP contribution < -0.4 is 0 Å². The van der Waals surface area contributed by atoms with Gasteiger partial charge in [-0.25, -0.2) is 0 Å². The molecule has 1 unspecified atom stereocenters. The topological polar surface area (TPSA) is 49.9 Å². The molecule has 2 aliphatic heterocycles. The second kappa shape index (κ2) is 7.24. The van der Waals surface area contributed by atoms with Crippen LogP contribution in [0.15, 0.2) is 17.5 Å². The van der Waals surface area contributed by atoms with Crippen molar-refractivity contribution in [2.24, 2.45) is 0 Å². The van der Waals surface area contributed by atoms with E-state index in [0.29, 0.717) is 39.2 Å². The Kier molecular flexibility index (Phi) is 5.10. The van der Waals surface area contributed by atoms with E-state index in [1.807, 2.05) is 21.2 Å². The summed E-state index contributed by atoms with van der Waals surface area (Å²) >= 11 is 1.69. The van der Waals surface area contributed by atoms with E-state index in [4.69, 9.17) is 4.74 Å². The Balaban J connectivity index is 1.42. The number of rotatable bonds is 4. The molecule has 0 saturated carbocycles. The fourth-order valence-corrected chi connectivity index (χ4v) is 3.70. The molecule has 6 heteroatoms. The lowest BCUT2D eigenvalue weighted by Gasteiger charge is -2.35. The number of hydrogen-bond acceptors (Lipinski definition) is 4. The molecule has 5 nitrogen and oxygen atoms in total. The molecule has 1 atom stereocenters. The van der Waals surface area contributed by atoms with Gasteiger partial charge in [0.05, 0.1) is 0 Å². The molecular formula is C16H22N2O3S. The predicted octanol–water partition coefficient (Wildman–Crippen LogP) is 1.53. The van der Waals surface area contributed by atoms with Crippen molar-refractivity contribution in [2.75, 3.05) is 32.8 Å². The monoisotopic (exact) mass is 322 g/mol. The molecule has 0 N–H and O–H groups in total. The van der Waals surface area contributed by atoms with Gasteiger partial charge in [0.25, 0.3) is 5.91 Å². The lowest BCUT2D eigenvalue weighted by molar-refractivity contribution is -0.146. The first-order valence-electron chi connectivity index (χ1n) is 7.94. The smallest absolute Gasteiger partial charge is 0.251 e. The average molecular weight is 322 g/mol. The van der Waals surface area contributed by atoms with Crippen LogP contribution >= 0.6 is 11.3 Å². The molecule has 22 heavy (non-hydrogen) atoms. The van der Waals surface area contributed by atoms with Gasteiger partial charge in [0.2, 0.25) is 5.91 Å². The van der Waals surface area contributed by atoms with Crippen LogP contribution in [0.5, 0.6) is 0 Å². The van der Waals surface area contributed by atoms with Crippen LogP contribution in [0.4, 0.5) is 0 Å². The number of carbonyl (C=O) groups is 2. The van der Waals surface area contributed by atoms with Crippen LogP contribution in [0.2, 0.25) is 0 Å². The maximum absolute atomic E-state index is 12.3. The van der Waals surface area contributed by atoms with Crippen molar-refractivity contribution < 1.29 is 14.3 Å². The number of carbonyl (C=O) groups excluding carboxylic acids is 2. The van der Waals surface area contributed by atoms with E-state index in [-0.39, 0.29) is 17.9 Å². The highest BCUT2D eigenvalue weighted by molar-refractivity contribution is 7.09. The number of thiophene rings is 1. The van der Waals surface area contributed by atoms with Crippen molar-refractivity contribution in [1.82, 2.24) is 9.80 Å². The van der Waals surface area contributed by atoms with Crippen LogP contribution in [0.3, 0.4) is 0 Å². The molecule has 1 aromatic heterocycles. The van der Waals surface area contributed by atoms with E-state index >= 15 is 0 Å². The zero-order valence-electron chi connectivity index (χ0n) is 12.7. The number of aryl methyl sites for hydroxylation is 1. The highest BCUT2D eigenvalue weighted by atomic mass is 32.1. The van der Waals surface area contributed by atoms with Crippen LogP contribution in [0.1, 0.15) is 24.1 Å². The lowest BCUT2D eigenvalue weighted by atomic mass is 10.2. The Morgan fingerprint density at radius 1 is 1.23 bits per heavy atom. The zero-order valence-corrected chi connectivity index (χ0v) is 13.5. The van der Waals surface area contributed by atoms with Crippen LogP contribution in [-0.2, 0) is 20.7 Å². The number of piperazine rings is 1. The minimum atomic E-state index is -0.249. The van der Waals surface area contributed by atoms with Crippen LogP contribution in [0, 0.1) is 0 Å². The molecule has 0 aliphatic carbocycles. The van der Waals surface area contributed by atoms with Crippen LogP contribution in [0.25, 0.3) is 0 Å². The van der Waals surface area contributed by atoms with Gasteiger partial charge >= 0.3 is 0 Å². The lowest BCUT2D eigenvalue weighted by Crippen LogP contribution is -2.52. The summed E-state index contributed by atoms with van der Waals surface area (Å²) in [6.07, 6.45) is 2.92. The van der Waals surface area contributed by atoms with E-state index in [9.17, 15) is 9.59 Å². The summed E-state index contributed by atoms with van der Waals surface area (Å²) in [4.78, 5) is 29.5. The largest absolute Gasteiger partial charge is 0.368 e. The summed E-state index contributed by atoms with van der Waals surface area (Å²) < 4.78 is 5.45. The summed E-state index contributed by atoms with van der Waals surface area (Å²) in [6, 6.07) is 4.08. The van der Waals surface area contributed by atoms with Crippen molar-refractivity contribution in [1.29, 1.82) is 0 Å². The molecule has 0 bridgehead atoms. The Bertz CT molecular complexity index is 503. The molecule has 120 valence electrons. The second-order valence-electron chi connectivity index (χ2n) is 5.79. The molecule has 1 aromatic rings. The van der Waals surface area contributed by atoms with Gasteiger partial charge in [-0.05, 0) is 30.7 Å². The summed E-state index contributed by atoms with van der Waals surface area (Å²) in [7, 11) is 0. The van der Waals surface area contributed by atoms with Gasteiger partial charge in [0.15, 0.2) is 0 Å². The molecule has 0 radical (unpaired) electrons. The predicted molar refractivity (Wildman–Crippen MR) is 84.8 cm³/mol. The third-order valence-corrected chi connectivity index (χ3v) is 5.25. The Hall–Kier alpha value is -1.40. The fraction of sp³-hybridized carbons (Fsp3) is 0.625. The van der Waals surface area contributed by atoms with E-state index in [1.165, 1.54) is 4.88 Å². The van der Waals surface area contributed by atoms with Crippen molar-refractivity contribution in [3.8, 4) is 0 Å². The normalized spacial score (nSPS) is 22.1. The Morgan fingerprint density at radius 3 is 2.64 bits per heavy atom. The third kappa shape index (κ3) is 3.67. The maximum atomic E-state index is 12.3. The first-order valence-corrected chi connectivity index (χ1v) is 8.82. The van der Waals surface area contributed by atoms with E-state index in [1.54, 1.807) is 11.3 Å². The number of nitrogens with zero attached hydrogens (tertiary/aromatic N) is 2. The van der Waals surface area contributed by atoms with Gasteiger partial charge in [0, 0.05) is 44.1 Å². The van der Waals surface area contributed by atoms with Gasteiger partial charge in [0.1, 0.15) is 6.10 Å². The van der Waals surface area contributed by atoms with Crippen LogP contribution in [-0.4, -0.2) is 60.5 Å². The molecule has 0 aromatic carbocycles. The van der Waals surface area contributed by atoms with Gasteiger partial charge in [-0.15, -0.1) is 11.3 Å². The third-order valence-electron chi connectivity index (χ3n) is 4.31. The Labute approximate surface area is 134 Å². The summed E-state index contributed by atoms with van der Waals surface area (Å²) in [6.45, 7) is 3.23. The van der Waals surface area contributed by atoms with Gasteiger partial charge in [-0.2, -0.15) is 0 Å². The fourth-order valence-electron chi connectivity index (χ4n) is 3.00. The molecule has 2 amide bonds. The van der Waals surface area contributed by atoms with Crippen molar-refractivity contribution >= 4 is 23.2 Å². The molecule has 3 heterocycles.